The van der Waals surface area contributed by atoms with Crippen LogP contribution in [0.5, 0.6) is 5.75 Å². The first-order valence-corrected chi connectivity index (χ1v) is 7.31. The zero-order valence-corrected chi connectivity index (χ0v) is 12.2. The number of carbonyl (C=O) groups is 1. The minimum absolute atomic E-state index is 0.128. The van der Waals surface area contributed by atoms with Crippen LogP contribution in [-0.4, -0.2) is 17.2 Å². The monoisotopic (exact) mass is 277 g/mol. The highest BCUT2D eigenvalue weighted by Gasteiger charge is 2.23. The van der Waals surface area contributed by atoms with Gasteiger partial charge >= 0.3 is 5.97 Å². The van der Waals surface area contributed by atoms with Crippen LogP contribution in [0.1, 0.15) is 54.9 Å². The number of anilines is 1. The molecule has 20 heavy (non-hydrogen) atoms. The van der Waals surface area contributed by atoms with Gasteiger partial charge in [0.1, 0.15) is 5.75 Å². The molecule has 0 aromatic heterocycles. The van der Waals surface area contributed by atoms with Gasteiger partial charge in [0, 0.05) is 5.69 Å². The second-order valence-corrected chi connectivity index (χ2v) is 5.69. The molecule has 0 bridgehead atoms. The highest BCUT2D eigenvalue weighted by molar-refractivity contribution is 5.95. The van der Waals surface area contributed by atoms with Crippen LogP contribution in [0.3, 0.4) is 0 Å². The second-order valence-electron chi connectivity index (χ2n) is 5.69. The molecule has 2 unspecified atom stereocenters. The molecule has 4 heteroatoms. The molecular weight excluding hydrogens is 254 g/mol. The van der Waals surface area contributed by atoms with Gasteiger partial charge in [-0.1, -0.05) is 19.8 Å². The summed E-state index contributed by atoms with van der Waals surface area (Å²) in [5.41, 5.74) is 6.99. The number of nitrogen functional groups attached to an aromatic ring is 1. The van der Waals surface area contributed by atoms with Gasteiger partial charge < -0.3 is 15.6 Å². The third-order valence-corrected chi connectivity index (χ3v) is 4.21. The van der Waals surface area contributed by atoms with Crippen molar-refractivity contribution < 1.29 is 14.6 Å². The number of hydrogen-bond acceptors (Lipinski definition) is 3. The van der Waals surface area contributed by atoms with Crippen molar-refractivity contribution in [1.29, 1.82) is 0 Å². The van der Waals surface area contributed by atoms with Gasteiger partial charge in [0.25, 0.3) is 0 Å². The number of ether oxygens (including phenoxy) is 1. The Labute approximate surface area is 119 Å². The molecule has 0 saturated heterocycles. The van der Waals surface area contributed by atoms with E-state index in [1.165, 1.54) is 19.3 Å². The molecule has 3 N–H and O–H groups in total. The van der Waals surface area contributed by atoms with E-state index in [4.69, 9.17) is 15.6 Å². The number of aryl methyl sites for hydroxylation is 1. The van der Waals surface area contributed by atoms with Crippen molar-refractivity contribution in [2.24, 2.45) is 5.92 Å². The lowest BCUT2D eigenvalue weighted by molar-refractivity contribution is 0.0696. The van der Waals surface area contributed by atoms with Gasteiger partial charge in [-0.05, 0) is 49.8 Å². The fourth-order valence-electron chi connectivity index (χ4n) is 2.92. The van der Waals surface area contributed by atoms with Crippen LogP contribution >= 0.6 is 0 Å². The molecular formula is C16H23NO3. The topological polar surface area (TPSA) is 72.5 Å². The molecule has 2 rings (SSSR count). The molecule has 110 valence electrons. The van der Waals surface area contributed by atoms with Crippen LogP contribution < -0.4 is 10.5 Å². The van der Waals surface area contributed by atoms with E-state index in [9.17, 15) is 4.79 Å². The van der Waals surface area contributed by atoms with E-state index in [0.29, 0.717) is 11.4 Å². The maximum absolute atomic E-state index is 11.2. The largest absolute Gasteiger partial charge is 0.490 e. The third kappa shape index (κ3) is 3.24. The maximum atomic E-state index is 11.2. The van der Waals surface area contributed by atoms with Crippen LogP contribution in [0.2, 0.25) is 0 Å². The quantitative estimate of drug-likeness (QED) is 0.824. The molecule has 2 atom stereocenters. The predicted molar refractivity (Wildman–Crippen MR) is 79.2 cm³/mol. The van der Waals surface area contributed by atoms with Crippen LogP contribution in [0.4, 0.5) is 5.69 Å². The SMILES string of the molecule is CCC1CCCC(Oc2cc(C)c(N)c(C(=O)O)c2)C1. The average Bonchev–Trinajstić information content (AvgIpc) is 2.42. The Bertz CT molecular complexity index is 499. The van der Waals surface area contributed by atoms with E-state index in [1.807, 2.05) is 13.0 Å². The molecule has 1 aliphatic carbocycles. The first kappa shape index (κ1) is 14.7. The van der Waals surface area contributed by atoms with Crippen molar-refractivity contribution in [3.8, 4) is 5.75 Å². The van der Waals surface area contributed by atoms with Crippen molar-refractivity contribution in [3.05, 3.63) is 23.3 Å². The summed E-state index contributed by atoms with van der Waals surface area (Å²) < 4.78 is 6.00. The fraction of sp³-hybridized carbons (Fsp3) is 0.562. The summed E-state index contributed by atoms with van der Waals surface area (Å²) in [5.74, 6) is 0.338. The van der Waals surface area contributed by atoms with Gasteiger partial charge in [0.2, 0.25) is 0 Å². The number of hydrogen-bond donors (Lipinski definition) is 2. The molecule has 0 amide bonds. The molecule has 0 heterocycles. The van der Waals surface area contributed by atoms with Crippen LogP contribution in [-0.2, 0) is 0 Å². The van der Waals surface area contributed by atoms with Crippen molar-refractivity contribution in [3.63, 3.8) is 0 Å². The Morgan fingerprint density at radius 2 is 2.20 bits per heavy atom. The Hall–Kier alpha value is -1.71. The molecule has 0 radical (unpaired) electrons. The Kier molecular flexibility index (Phi) is 4.53. The van der Waals surface area contributed by atoms with Gasteiger partial charge in [-0.2, -0.15) is 0 Å². The Morgan fingerprint density at radius 1 is 1.45 bits per heavy atom. The minimum Gasteiger partial charge on any atom is -0.490 e. The summed E-state index contributed by atoms with van der Waals surface area (Å²) in [5, 5.41) is 9.16. The zero-order chi connectivity index (χ0) is 14.7. The van der Waals surface area contributed by atoms with Crippen LogP contribution in [0.25, 0.3) is 0 Å². The lowest BCUT2D eigenvalue weighted by Crippen LogP contribution is -2.25. The Balaban J connectivity index is 2.15. The van der Waals surface area contributed by atoms with Gasteiger partial charge in [-0.15, -0.1) is 0 Å². The molecule has 1 aromatic rings. The zero-order valence-electron chi connectivity index (χ0n) is 12.2. The lowest BCUT2D eigenvalue weighted by atomic mass is 9.85. The lowest BCUT2D eigenvalue weighted by Gasteiger charge is -2.29. The van der Waals surface area contributed by atoms with Gasteiger partial charge in [-0.3, -0.25) is 0 Å². The number of carboxylic acids is 1. The number of benzene rings is 1. The summed E-state index contributed by atoms with van der Waals surface area (Å²) in [6.07, 6.45) is 5.94. The second kappa shape index (κ2) is 6.16. The summed E-state index contributed by atoms with van der Waals surface area (Å²) >= 11 is 0. The summed E-state index contributed by atoms with van der Waals surface area (Å²) in [7, 11) is 0. The Morgan fingerprint density at radius 3 is 2.85 bits per heavy atom. The molecule has 1 fully saturated rings. The fourth-order valence-corrected chi connectivity index (χ4v) is 2.92. The smallest absolute Gasteiger partial charge is 0.337 e. The van der Waals surface area contributed by atoms with E-state index < -0.39 is 5.97 Å². The highest BCUT2D eigenvalue weighted by Crippen LogP contribution is 2.31. The normalized spacial score (nSPS) is 22.5. The van der Waals surface area contributed by atoms with Gasteiger partial charge in [0.15, 0.2) is 0 Å². The highest BCUT2D eigenvalue weighted by atomic mass is 16.5. The van der Waals surface area contributed by atoms with Crippen molar-refractivity contribution in [2.45, 2.75) is 52.1 Å². The van der Waals surface area contributed by atoms with E-state index in [-0.39, 0.29) is 11.7 Å². The van der Waals surface area contributed by atoms with Crippen molar-refractivity contribution >= 4 is 11.7 Å². The third-order valence-electron chi connectivity index (χ3n) is 4.21. The summed E-state index contributed by atoms with van der Waals surface area (Å²) in [4.78, 5) is 11.2. The van der Waals surface area contributed by atoms with E-state index >= 15 is 0 Å². The molecule has 0 aliphatic heterocycles. The molecule has 4 nitrogen and oxygen atoms in total. The minimum atomic E-state index is -1.01. The molecule has 1 aliphatic rings. The first-order valence-electron chi connectivity index (χ1n) is 7.31. The molecule has 1 aromatic carbocycles. The van der Waals surface area contributed by atoms with Gasteiger partial charge in [0.05, 0.1) is 11.7 Å². The molecule has 1 saturated carbocycles. The number of aromatic carboxylic acids is 1. The van der Waals surface area contributed by atoms with Crippen LogP contribution in [0.15, 0.2) is 12.1 Å². The van der Waals surface area contributed by atoms with Crippen molar-refractivity contribution in [1.82, 2.24) is 0 Å². The van der Waals surface area contributed by atoms with E-state index in [2.05, 4.69) is 6.92 Å². The number of carboxylic acid groups (broad SMARTS) is 1. The number of nitrogens with two attached hydrogens (primary N) is 1. The summed E-state index contributed by atoms with van der Waals surface area (Å²) in [6, 6.07) is 3.37. The van der Waals surface area contributed by atoms with Crippen molar-refractivity contribution in [2.75, 3.05) is 5.73 Å². The maximum Gasteiger partial charge on any atom is 0.337 e. The average molecular weight is 277 g/mol. The predicted octanol–water partition coefficient (Wildman–Crippen LogP) is 3.62. The first-order chi connectivity index (χ1) is 9.51. The number of rotatable bonds is 4. The summed E-state index contributed by atoms with van der Waals surface area (Å²) in [6.45, 7) is 4.02. The standard InChI is InChI=1S/C16H23NO3/c1-3-11-5-4-6-12(8-11)20-13-7-10(2)15(17)14(9-13)16(18)19/h7,9,11-12H,3-6,8,17H2,1-2H3,(H,18,19). The van der Waals surface area contributed by atoms with E-state index in [1.54, 1.807) is 6.07 Å². The van der Waals surface area contributed by atoms with Gasteiger partial charge in [-0.25, -0.2) is 4.79 Å². The molecule has 0 spiro atoms. The van der Waals surface area contributed by atoms with E-state index in [0.717, 1.165) is 24.3 Å². The van der Waals surface area contributed by atoms with Crippen LogP contribution in [0, 0.1) is 12.8 Å².